The summed E-state index contributed by atoms with van der Waals surface area (Å²) in [6, 6.07) is 4.20. The molecule has 1 atom stereocenters. The molecule has 0 bridgehead atoms. The van der Waals surface area contributed by atoms with Gasteiger partial charge in [0.25, 0.3) is 0 Å². The second kappa shape index (κ2) is 8.08. The molecular formula is C21H19F2N5O2. The average Bonchev–Trinajstić information content (AvgIpc) is 3.24. The van der Waals surface area contributed by atoms with Gasteiger partial charge in [-0.15, -0.1) is 0 Å². The van der Waals surface area contributed by atoms with Crippen LogP contribution in [0.15, 0.2) is 30.7 Å². The summed E-state index contributed by atoms with van der Waals surface area (Å²) in [4.78, 5) is 4.15. The number of nitrogen functional groups attached to an aromatic ring is 1. The summed E-state index contributed by atoms with van der Waals surface area (Å²) >= 11 is 0. The highest BCUT2D eigenvalue weighted by Gasteiger charge is 2.23. The van der Waals surface area contributed by atoms with Crippen molar-refractivity contribution in [2.24, 2.45) is 0 Å². The van der Waals surface area contributed by atoms with E-state index in [1.807, 2.05) is 6.07 Å². The van der Waals surface area contributed by atoms with Crippen molar-refractivity contribution in [3.63, 3.8) is 0 Å². The molecule has 1 unspecified atom stereocenters. The summed E-state index contributed by atoms with van der Waals surface area (Å²) in [5.41, 5.74) is 5.82. The number of nitrogens with zero attached hydrogens (tertiary/aromatic N) is 4. The van der Waals surface area contributed by atoms with Gasteiger partial charge in [-0.3, -0.25) is 4.98 Å². The van der Waals surface area contributed by atoms with E-state index in [1.54, 1.807) is 10.9 Å². The van der Waals surface area contributed by atoms with Gasteiger partial charge in [-0.25, -0.2) is 13.5 Å². The van der Waals surface area contributed by atoms with Crippen molar-refractivity contribution in [2.45, 2.75) is 25.5 Å². The van der Waals surface area contributed by atoms with E-state index in [0.717, 1.165) is 25.3 Å². The lowest BCUT2D eigenvalue weighted by Gasteiger charge is -2.22. The predicted octanol–water partition coefficient (Wildman–Crippen LogP) is 4.05. The van der Waals surface area contributed by atoms with E-state index < -0.39 is 11.6 Å². The number of benzene rings is 1. The van der Waals surface area contributed by atoms with Crippen LogP contribution in [0.25, 0.3) is 22.4 Å². The number of hydrogen-bond donors (Lipinski definition) is 1. The smallest absolute Gasteiger partial charge is 0.167 e. The zero-order valence-electron chi connectivity index (χ0n) is 16.2. The first kappa shape index (κ1) is 19.8. The molecule has 1 fully saturated rings. The fourth-order valence-corrected chi connectivity index (χ4v) is 3.50. The topological polar surface area (TPSA) is 99.0 Å². The fraction of sp³-hybridized carbons (Fsp3) is 0.286. The van der Waals surface area contributed by atoms with Crippen LogP contribution in [0.2, 0.25) is 0 Å². The van der Waals surface area contributed by atoms with E-state index in [9.17, 15) is 9.65 Å². The van der Waals surface area contributed by atoms with Gasteiger partial charge in [-0.1, -0.05) is 0 Å². The van der Waals surface area contributed by atoms with E-state index in [4.69, 9.17) is 15.2 Å². The molecule has 0 saturated carbocycles. The molecular weight excluding hydrogens is 392 g/mol. The number of hydrogen-bond acceptors (Lipinski definition) is 6. The third-order valence-electron chi connectivity index (χ3n) is 5.07. The van der Waals surface area contributed by atoms with Crippen LogP contribution in [0.3, 0.4) is 0 Å². The maximum Gasteiger partial charge on any atom is 0.167 e. The van der Waals surface area contributed by atoms with Crippen molar-refractivity contribution in [3.05, 3.63) is 47.9 Å². The molecule has 3 heterocycles. The van der Waals surface area contributed by atoms with Crippen molar-refractivity contribution < 1.29 is 18.3 Å². The Balaban J connectivity index is 1.76. The molecule has 1 aliphatic heterocycles. The minimum atomic E-state index is -0.852. The van der Waals surface area contributed by atoms with Crippen LogP contribution >= 0.6 is 0 Å². The van der Waals surface area contributed by atoms with Gasteiger partial charge in [-0.05, 0) is 25.3 Å². The maximum absolute atomic E-state index is 15.2. The number of nitriles is 1. The minimum absolute atomic E-state index is 0.0116. The summed E-state index contributed by atoms with van der Waals surface area (Å²) < 4.78 is 42.1. The maximum atomic E-state index is 15.2. The molecule has 9 heteroatoms. The van der Waals surface area contributed by atoms with E-state index in [2.05, 4.69) is 10.1 Å². The zero-order valence-corrected chi connectivity index (χ0v) is 16.2. The number of halogens is 2. The lowest BCUT2D eigenvalue weighted by atomic mass is 9.99. The summed E-state index contributed by atoms with van der Waals surface area (Å²) in [6.45, 7) is 0.649. The number of methoxy groups -OCH3 is 1. The van der Waals surface area contributed by atoms with Crippen LogP contribution in [0.5, 0.6) is 5.75 Å². The van der Waals surface area contributed by atoms with Crippen LogP contribution in [0.4, 0.5) is 14.5 Å². The van der Waals surface area contributed by atoms with Crippen LogP contribution in [-0.4, -0.2) is 28.5 Å². The Morgan fingerprint density at radius 1 is 1.27 bits per heavy atom. The van der Waals surface area contributed by atoms with Crippen LogP contribution in [0, 0.1) is 23.0 Å². The molecule has 1 aromatic carbocycles. The summed E-state index contributed by atoms with van der Waals surface area (Å²) in [5.74, 6) is -1.34. The third kappa shape index (κ3) is 3.46. The van der Waals surface area contributed by atoms with Gasteiger partial charge in [0.15, 0.2) is 5.82 Å². The van der Waals surface area contributed by atoms with Crippen LogP contribution < -0.4 is 10.5 Å². The molecule has 0 amide bonds. The Bertz CT molecular complexity index is 1130. The Hall–Kier alpha value is -3.51. The molecule has 154 valence electrons. The lowest BCUT2D eigenvalue weighted by Crippen LogP contribution is -2.18. The molecule has 0 spiro atoms. The normalized spacial score (nSPS) is 16.3. The fourth-order valence-electron chi connectivity index (χ4n) is 3.50. The first-order chi connectivity index (χ1) is 14.5. The van der Waals surface area contributed by atoms with Gasteiger partial charge in [0.1, 0.15) is 29.6 Å². The van der Waals surface area contributed by atoms with Gasteiger partial charge in [-0.2, -0.15) is 10.4 Å². The van der Waals surface area contributed by atoms with E-state index in [1.165, 1.54) is 25.6 Å². The Morgan fingerprint density at radius 3 is 2.80 bits per heavy atom. The van der Waals surface area contributed by atoms with Crippen LogP contribution in [0.1, 0.15) is 31.1 Å². The predicted molar refractivity (Wildman–Crippen MR) is 105 cm³/mol. The summed E-state index contributed by atoms with van der Waals surface area (Å²) in [7, 11) is 1.38. The summed E-state index contributed by atoms with van der Waals surface area (Å²) in [6.07, 6.45) is 7.00. The minimum Gasteiger partial charge on any atom is -0.495 e. The number of pyridine rings is 1. The quantitative estimate of drug-likeness (QED) is 0.650. The highest BCUT2D eigenvalue weighted by Crippen LogP contribution is 2.36. The van der Waals surface area contributed by atoms with Crippen molar-refractivity contribution in [1.29, 1.82) is 5.26 Å². The van der Waals surface area contributed by atoms with Crippen molar-refractivity contribution >= 4 is 5.69 Å². The standard InChI is InChI=1S/C21H19F2N5O2/c1-29-18-6-13(16(22)7-17(18)25)15-10-26-21(20(23)14(15)8-24)12-9-27-28(11-12)19-4-2-3-5-30-19/h6-7,9-11,19H,2-5,25H2,1H3. The second-order valence-electron chi connectivity index (χ2n) is 6.93. The molecule has 0 radical (unpaired) electrons. The summed E-state index contributed by atoms with van der Waals surface area (Å²) in [5, 5.41) is 13.8. The Morgan fingerprint density at radius 2 is 2.10 bits per heavy atom. The number of ether oxygens (including phenoxy) is 2. The van der Waals surface area contributed by atoms with E-state index in [-0.39, 0.29) is 40.0 Å². The van der Waals surface area contributed by atoms with Gasteiger partial charge in [0.2, 0.25) is 0 Å². The van der Waals surface area contributed by atoms with E-state index >= 15 is 4.39 Å². The lowest BCUT2D eigenvalue weighted by molar-refractivity contribution is -0.0394. The SMILES string of the molecule is COc1cc(-c2cnc(-c3cnn(C4CCCCO4)c3)c(F)c2C#N)c(F)cc1N. The van der Waals surface area contributed by atoms with Crippen LogP contribution in [-0.2, 0) is 4.74 Å². The zero-order chi connectivity index (χ0) is 21.3. The molecule has 1 aliphatic rings. The number of aromatic nitrogens is 3. The molecule has 2 N–H and O–H groups in total. The molecule has 4 rings (SSSR count). The number of rotatable bonds is 4. The Kier molecular flexibility index (Phi) is 5.33. The van der Waals surface area contributed by atoms with Gasteiger partial charge in [0.05, 0.1) is 24.6 Å². The van der Waals surface area contributed by atoms with Crippen molar-refractivity contribution in [1.82, 2.24) is 14.8 Å². The first-order valence-electron chi connectivity index (χ1n) is 9.41. The molecule has 30 heavy (non-hydrogen) atoms. The largest absolute Gasteiger partial charge is 0.495 e. The Labute approximate surface area is 171 Å². The molecule has 3 aromatic rings. The second-order valence-corrected chi connectivity index (χ2v) is 6.93. The van der Waals surface area contributed by atoms with Crippen molar-refractivity contribution in [3.8, 4) is 34.2 Å². The average molecular weight is 411 g/mol. The van der Waals surface area contributed by atoms with Gasteiger partial charge >= 0.3 is 0 Å². The monoisotopic (exact) mass is 411 g/mol. The van der Waals surface area contributed by atoms with Gasteiger partial charge < -0.3 is 15.2 Å². The first-order valence-corrected chi connectivity index (χ1v) is 9.41. The molecule has 2 aromatic heterocycles. The molecule has 1 saturated heterocycles. The molecule has 0 aliphatic carbocycles. The highest BCUT2D eigenvalue weighted by atomic mass is 19.1. The highest BCUT2D eigenvalue weighted by molar-refractivity contribution is 5.77. The van der Waals surface area contributed by atoms with Crippen molar-refractivity contribution in [2.75, 3.05) is 19.5 Å². The third-order valence-corrected chi connectivity index (χ3v) is 5.07. The number of nitrogens with two attached hydrogens (primary N) is 1. The number of anilines is 1. The van der Waals surface area contributed by atoms with Gasteiger partial charge in [0, 0.05) is 41.8 Å². The van der Waals surface area contributed by atoms with E-state index in [0.29, 0.717) is 12.2 Å². The molecule has 7 nitrogen and oxygen atoms in total.